The third kappa shape index (κ3) is 4.07. The van der Waals surface area contributed by atoms with Crippen LogP contribution in [0.25, 0.3) is 0 Å². The number of anilines is 2. The molecule has 1 fully saturated rings. The highest BCUT2D eigenvalue weighted by molar-refractivity contribution is 5.61. The monoisotopic (exact) mass is 293 g/mol. The van der Waals surface area contributed by atoms with Crippen LogP contribution < -0.4 is 11.1 Å². The standard InChI is InChI=1S/C15H23N3O3/c1-2-11-3-5-15(19,6-4-11)10-17-13-7-12(16)8-14(9-13)18(20)21/h7-9,11,17,19H,2-6,10,16H2,1H3. The lowest BCUT2D eigenvalue weighted by atomic mass is 9.78. The first-order valence-corrected chi connectivity index (χ1v) is 7.43. The number of benzene rings is 1. The Kier molecular flexibility index (Phi) is 4.67. The molecule has 1 aliphatic rings. The molecule has 0 radical (unpaired) electrons. The molecule has 6 nitrogen and oxygen atoms in total. The molecule has 0 aliphatic heterocycles. The zero-order valence-corrected chi connectivity index (χ0v) is 12.3. The predicted octanol–water partition coefficient (Wildman–Crippen LogP) is 2.92. The molecule has 1 aromatic rings. The summed E-state index contributed by atoms with van der Waals surface area (Å²) in [6.07, 6.45) is 4.76. The van der Waals surface area contributed by atoms with Crippen LogP contribution in [0.2, 0.25) is 0 Å². The fourth-order valence-corrected chi connectivity index (χ4v) is 2.91. The molecular weight excluding hydrogens is 270 g/mol. The van der Waals surface area contributed by atoms with Gasteiger partial charge in [-0.15, -0.1) is 0 Å². The van der Waals surface area contributed by atoms with Gasteiger partial charge in [-0.25, -0.2) is 0 Å². The van der Waals surface area contributed by atoms with Crippen LogP contribution in [0.5, 0.6) is 0 Å². The Hall–Kier alpha value is -1.82. The minimum atomic E-state index is -0.731. The summed E-state index contributed by atoms with van der Waals surface area (Å²) in [6.45, 7) is 2.57. The maximum atomic E-state index is 10.8. The quantitative estimate of drug-likeness (QED) is 0.440. The van der Waals surface area contributed by atoms with Gasteiger partial charge < -0.3 is 16.2 Å². The van der Waals surface area contributed by atoms with Crippen LogP contribution in [0.3, 0.4) is 0 Å². The number of nitrogens with zero attached hydrogens (tertiary/aromatic N) is 1. The molecule has 21 heavy (non-hydrogen) atoms. The van der Waals surface area contributed by atoms with Crippen LogP contribution in [0, 0.1) is 16.0 Å². The van der Waals surface area contributed by atoms with Gasteiger partial charge in [-0.2, -0.15) is 0 Å². The average Bonchev–Trinajstić information content (AvgIpc) is 2.45. The van der Waals surface area contributed by atoms with Crippen LogP contribution in [0.15, 0.2) is 18.2 Å². The Labute approximate surface area is 124 Å². The van der Waals surface area contributed by atoms with E-state index >= 15 is 0 Å². The van der Waals surface area contributed by atoms with Crippen LogP contribution in [0.1, 0.15) is 39.0 Å². The summed E-state index contributed by atoms with van der Waals surface area (Å²) in [5, 5.41) is 24.5. The fourth-order valence-electron chi connectivity index (χ4n) is 2.91. The van der Waals surface area contributed by atoms with Crippen molar-refractivity contribution in [3.63, 3.8) is 0 Å². The highest BCUT2D eigenvalue weighted by Crippen LogP contribution is 2.34. The molecule has 6 heteroatoms. The van der Waals surface area contributed by atoms with Crippen molar-refractivity contribution in [1.82, 2.24) is 0 Å². The molecule has 1 aromatic carbocycles. The molecule has 1 aliphatic carbocycles. The van der Waals surface area contributed by atoms with E-state index in [0.717, 1.165) is 32.1 Å². The first kappa shape index (κ1) is 15.6. The maximum absolute atomic E-state index is 10.8. The largest absolute Gasteiger partial charge is 0.398 e. The number of hydrogen-bond donors (Lipinski definition) is 3. The maximum Gasteiger partial charge on any atom is 0.273 e. The SMILES string of the molecule is CCC1CCC(O)(CNc2cc(N)cc([N+](=O)[O-])c2)CC1. The van der Waals surface area contributed by atoms with Gasteiger partial charge in [-0.1, -0.05) is 13.3 Å². The summed E-state index contributed by atoms with van der Waals surface area (Å²) in [7, 11) is 0. The van der Waals surface area contributed by atoms with Gasteiger partial charge in [0.25, 0.3) is 5.69 Å². The second-order valence-corrected chi connectivity index (χ2v) is 6.00. The molecule has 0 spiro atoms. The van der Waals surface area contributed by atoms with E-state index in [0.29, 0.717) is 23.8 Å². The molecule has 4 N–H and O–H groups in total. The van der Waals surface area contributed by atoms with Gasteiger partial charge in [0, 0.05) is 30.1 Å². The van der Waals surface area contributed by atoms with Gasteiger partial charge in [0.1, 0.15) is 0 Å². The van der Waals surface area contributed by atoms with Crippen molar-refractivity contribution in [3.05, 3.63) is 28.3 Å². The lowest BCUT2D eigenvalue weighted by Gasteiger charge is -2.36. The molecule has 116 valence electrons. The van der Waals surface area contributed by atoms with E-state index in [1.54, 1.807) is 6.07 Å². The number of nitro benzene ring substituents is 1. The first-order chi connectivity index (χ1) is 9.92. The van der Waals surface area contributed by atoms with E-state index in [4.69, 9.17) is 5.73 Å². The topological polar surface area (TPSA) is 101 Å². The molecule has 0 saturated heterocycles. The predicted molar refractivity (Wildman–Crippen MR) is 83.2 cm³/mol. The van der Waals surface area contributed by atoms with E-state index in [2.05, 4.69) is 12.2 Å². The number of nitro groups is 1. The second-order valence-electron chi connectivity index (χ2n) is 6.00. The van der Waals surface area contributed by atoms with E-state index in [-0.39, 0.29) is 5.69 Å². The van der Waals surface area contributed by atoms with Gasteiger partial charge in [0.15, 0.2) is 0 Å². The van der Waals surface area contributed by atoms with E-state index in [1.807, 2.05) is 0 Å². The van der Waals surface area contributed by atoms with Crippen LogP contribution >= 0.6 is 0 Å². The Morgan fingerprint density at radius 2 is 2.10 bits per heavy atom. The van der Waals surface area contributed by atoms with Crippen LogP contribution in [0.4, 0.5) is 17.1 Å². The van der Waals surface area contributed by atoms with Crippen molar-refractivity contribution < 1.29 is 10.0 Å². The zero-order chi connectivity index (χ0) is 15.5. The number of aliphatic hydroxyl groups is 1. The smallest absolute Gasteiger partial charge is 0.273 e. The molecule has 2 rings (SSSR count). The second kappa shape index (κ2) is 6.30. The summed E-state index contributed by atoms with van der Waals surface area (Å²) in [4.78, 5) is 10.3. The molecular formula is C15H23N3O3. The first-order valence-electron chi connectivity index (χ1n) is 7.43. The lowest BCUT2D eigenvalue weighted by Crippen LogP contribution is -2.40. The van der Waals surface area contributed by atoms with Crippen molar-refractivity contribution >= 4 is 17.1 Å². The number of rotatable bonds is 5. The summed E-state index contributed by atoms with van der Waals surface area (Å²) in [5.74, 6) is 0.707. The average molecular weight is 293 g/mol. The molecule has 0 heterocycles. The third-order valence-electron chi connectivity index (χ3n) is 4.39. The highest BCUT2D eigenvalue weighted by Gasteiger charge is 2.32. The van der Waals surface area contributed by atoms with Gasteiger partial charge >= 0.3 is 0 Å². The Morgan fingerprint density at radius 3 is 2.67 bits per heavy atom. The Bertz CT molecular complexity index is 511. The fraction of sp³-hybridized carbons (Fsp3) is 0.600. The molecule has 0 unspecified atom stereocenters. The number of nitrogen functional groups attached to an aromatic ring is 1. The van der Waals surface area contributed by atoms with Gasteiger partial charge in [0.05, 0.1) is 10.5 Å². The summed E-state index contributed by atoms with van der Waals surface area (Å²) >= 11 is 0. The van der Waals surface area contributed by atoms with Gasteiger partial charge in [-0.05, 0) is 37.7 Å². The molecule has 0 amide bonds. The third-order valence-corrected chi connectivity index (χ3v) is 4.39. The van der Waals surface area contributed by atoms with Crippen LogP contribution in [-0.2, 0) is 0 Å². The van der Waals surface area contributed by atoms with Crippen molar-refractivity contribution in [2.75, 3.05) is 17.6 Å². The van der Waals surface area contributed by atoms with E-state index in [9.17, 15) is 15.2 Å². The zero-order valence-electron chi connectivity index (χ0n) is 12.3. The summed E-state index contributed by atoms with van der Waals surface area (Å²) in [6, 6.07) is 4.41. The highest BCUT2D eigenvalue weighted by atomic mass is 16.6. The van der Waals surface area contributed by atoms with Gasteiger partial charge in [-0.3, -0.25) is 10.1 Å². The van der Waals surface area contributed by atoms with Gasteiger partial charge in [0.2, 0.25) is 0 Å². The molecule has 1 saturated carbocycles. The van der Waals surface area contributed by atoms with Crippen molar-refractivity contribution in [3.8, 4) is 0 Å². The van der Waals surface area contributed by atoms with Crippen molar-refractivity contribution in [2.45, 2.75) is 44.6 Å². The minimum absolute atomic E-state index is 0.0424. The Balaban J connectivity index is 1.98. The summed E-state index contributed by atoms with van der Waals surface area (Å²) in [5.41, 5.74) is 5.81. The van der Waals surface area contributed by atoms with Crippen molar-refractivity contribution in [1.29, 1.82) is 0 Å². The Morgan fingerprint density at radius 1 is 1.43 bits per heavy atom. The molecule has 0 atom stereocenters. The lowest BCUT2D eigenvalue weighted by molar-refractivity contribution is -0.384. The van der Waals surface area contributed by atoms with Crippen molar-refractivity contribution in [2.24, 2.45) is 5.92 Å². The van der Waals surface area contributed by atoms with E-state index < -0.39 is 10.5 Å². The number of hydrogen-bond acceptors (Lipinski definition) is 5. The van der Waals surface area contributed by atoms with E-state index in [1.165, 1.54) is 12.1 Å². The van der Waals surface area contributed by atoms with Crippen LogP contribution in [-0.4, -0.2) is 22.2 Å². The molecule has 0 bridgehead atoms. The summed E-state index contributed by atoms with van der Waals surface area (Å²) < 4.78 is 0. The normalized spacial score (nSPS) is 25.5. The number of nitrogens with one attached hydrogen (secondary N) is 1. The number of non-ortho nitro benzene ring substituents is 1. The minimum Gasteiger partial charge on any atom is -0.398 e. The molecule has 0 aromatic heterocycles. The number of nitrogens with two attached hydrogens (primary N) is 1.